The maximum absolute atomic E-state index is 2.58. The highest BCUT2D eigenvalue weighted by molar-refractivity contribution is 6.59. The van der Waals surface area contributed by atoms with Gasteiger partial charge in [0.2, 0.25) is 0 Å². The molecule has 0 spiro atoms. The first-order valence-electron chi connectivity index (χ1n) is 14.9. The second-order valence-electron chi connectivity index (χ2n) is 11.3. The first-order chi connectivity index (χ1) is 15.0. The lowest BCUT2D eigenvalue weighted by Crippen LogP contribution is -2.22. The Balaban J connectivity index is 4.38. The van der Waals surface area contributed by atoms with Gasteiger partial charge in [-0.15, -0.1) is 0 Å². The van der Waals surface area contributed by atoms with Gasteiger partial charge in [0.25, 0.3) is 0 Å². The molecule has 0 bridgehead atoms. The Morgan fingerprint density at radius 1 is 0.387 bits per heavy atom. The molecule has 0 aromatic rings. The second kappa shape index (κ2) is 23.4. The zero-order valence-electron chi connectivity index (χ0n) is 23.1. The fraction of sp³-hybridized carbons (Fsp3) is 1.00. The molecule has 1 radical (unpaired) electrons. The van der Waals surface area contributed by atoms with E-state index in [-0.39, 0.29) is 8.80 Å². The summed E-state index contributed by atoms with van der Waals surface area (Å²) >= 11 is 0. The van der Waals surface area contributed by atoms with Crippen LogP contribution in [0.25, 0.3) is 0 Å². The average molecular weight is 452 g/mol. The molecule has 187 valence electrons. The summed E-state index contributed by atoms with van der Waals surface area (Å²) in [5.74, 6) is 2.93. The molecule has 0 aliphatic carbocycles. The third-order valence-corrected chi connectivity index (χ3v) is 11.1. The number of unbranched alkanes of at least 4 members (excludes halogenated alkanes) is 12. The van der Waals surface area contributed by atoms with E-state index in [4.69, 9.17) is 0 Å². The van der Waals surface area contributed by atoms with Crippen molar-refractivity contribution < 1.29 is 0 Å². The Labute approximate surface area is 201 Å². The third-order valence-electron chi connectivity index (χ3n) is 7.31. The molecular formula is C30H63Si. The van der Waals surface area contributed by atoms with Crippen molar-refractivity contribution in [3.05, 3.63) is 0 Å². The van der Waals surface area contributed by atoms with Crippen molar-refractivity contribution in [2.75, 3.05) is 0 Å². The molecule has 1 heteroatoms. The van der Waals surface area contributed by atoms with Crippen molar-refractivity contribution in [3.8, 4) is 0 Å². The van der Waals surface area contributed by atoms with Crippen molar-refractivity contribution in [2.24, 2.45) is 17.8 Å². The summed E-state index contributed by atoms with van der Waals surface area (Å²) < 4.78 is 0. The van der Waals surface area contributed by atoms with E-state index in [1.165, 1.54) is 116 Å². The molecule has 0 aromatic carbocycles. The Morgan fingerprint density at radius 3 is 0.903 bits per heavy atom. The van der Waals surface area contributed by atoms with Gasteiger partial charge >= 0.3 is 0 Å². The van der Waals surface area contributed by atoms with Gasteiger partial charge in [-0.3, -0.25) is 0 Å². The highest BCUT2D eigenvalue weighted by atomic mass is 28.3. The molecule has 3 atom stereocenters. The lowest BCUT2D eigenvalue weighted by atomic mass is 10.0. The average Bonchev–Trinajstić information content (AvgIpc) is 2.73. The first-order valence-corrected chi connectivity index (χ1v) is 17.0. The SMILES string of the molecule is CCCCCCCC(C)C[Si](CC(C)CCCCCCC)CC(C)CCCCCCC. The molecule has 0 aromatic heterocycles. The van der Waals surface area contributed by atoms with Gasteiger partial charge in [-0.2, -0.15) is 0 Å². The molecule has 0 rings (SSSR count). The number of rotatable bonds is 24. The largest absolute Gasteiger partial charge is 0.0654 e. The minimum Gasteiger partial charge on any atom is -0.0654 e. The van der Waals surface area contributed by atoms with Gasteiger partial charge in [0.05, 0.1) is 0 Å². The predicted octanol–water partition coefficient (Wildman–Crippen LogP) is 11.5. The second-order valence-corrected chi connectivity index (χ2v) is 14.0. The molecule has 0 heterocycles. The van der Waals surface area contributed by atoms with Crippen molar-refractivity contribution >= 4 is 8.80 Å². The topological polar surface area (TPSA) is 0 Å². The molecule has 0 aliphatic heterocycles. The summed E-state index contributed by atoms with van der Waals surface area (Å²) in [6.45, 7) is 14.7. The monoisotopic (exact) mass is 451 g/mol. The van der Waals surface area contributed by atoms with Gasteiger partial charge in [0.1, 0.15) is 0 Å². The predicted molar refractivity (Wildman–Crippen MR) is 148 cm³/mol. The van der Waals surface area contributed by atoms with Crippen LogP contribution in [0.5, 0.6) is 0 Å². The number of hydrogen-bond donors (Lipinski definition) is 0. The van der Waals surface area contributed by atoms with Crippen LogP contribution in [0, 0.1) is 17.8 Å². The van der Waals surface area contributed by atoms with Gasteiger partial charge in [0.15, 0.2) is 0 Å². The van der Waals surface area contributed by atoms with Gasteiger partial charge in [0, 0.05) is 8.80 Å². The van der Waals surface area contributed by atoms with Crippen LogP contribution in [-0.2, 0) is 0 Å². The van der Waals surface area contributed by atoms with E-state index in [1.807, 2.05) is 0 Å². The summed E-state index contributed by atoms with van der Waals surface area (Å²) in [6.07, 6.45) is 26.2. The van der Waals surface area contributed by atoms with E-state index in [0.29, 0.717) is 0 Å². The van der Waals surface area contributed by atoms with Crippen LogP contribution >= 0.6 is 0 Å². The fourth-order valence-corrected chi connectivity index (χ4v) is 9.39. The summed E-state index contributed by atoms with van der Waals surface area (Å²) in [5, 5.41) is 0. The van der Waals surface area contributed by atoms with E-state index in [0.717, 1.165) is 17.8 Å². The van der Waals surface area contributed by atoms with Crippen LogP contribution in [0.15, 0.2) is 0 Å². The van der Waals surface area contributed by atoms with E-state index in [9.17, 15) is 0 Å². The molecule has 0 nitrogen and oxygen atoms in total. The Hall–Kier alpha value is 0.217. The zero-order chi connectivity index (χ0) is 23.2. The Kier molecular flexibility index (Phi) is 23.5. The molecule has 0 aliphatic rings. The maximum Gasteiger partial charge on any atom is 0.0487 e. The highest BCUT2D eigenvalue weighted by Gasteiger charge is 2.20. The molecule has 31 heavy (non-hydrogen) atoms. The third kappa shape index (κ3) is 21.8. The first kappa shape index (κ1) is 31.2. The lowest BCUT2D eigenvalue weighted by Gasteiger charge is -2.25. The van der Waals surface area contributed by atoms with E-state index in [2.05, 4.69) is 41.5 Å². The Morgan fingerprint density at radius 2 is 0.645 bits per heavy atom. The molecule has 3 unspecified atom stereocenters. The van der Waals surface area contributed by atoms with E-state index < -0.39 is 0 Å². The van der Waals surface area contributed by atoms with Crippen LogP contribution < -0.4 is 0 Å². The van der Waals surface area contributed by atoms with Crippen LogP contribution in [0.3, 0.4) is 0 Å². The van der Waals surface area contributed by atoms with Crippen molar-refractivity contribution in [2.45, 2.75) is 175 Å². The van der Waals surface area contributed by atoms with Gasteiger partial charge < -0.3 is 0 Å². The molecule has 0 fully saturated rings. The van der Waals surface area contributed by atoms with Gasteiger partial charge in [-0.1, -0.05) is 175 Å². The van der Waals surface area contributed by atoms with Gasteiger partial charge in [-0.05, 0) is 17.8 Å². The molecule has 0 saturated heterocycles. The van der Waals surface area contributed by atoms with Crippen molar-refractivity contribution in [1.82, 2.24) is 0 Å². The lowest BCUT2D eigenvalue weighted by molar-refractivity contribution is 0.487. The van der Waals surface area contributed by atoms with Crippen LogP contribution in [0.4, 0.5) is 0 Å². The minimum absolute atomic E-state index is 0.182. The summed E-state index contributed by atoms with van der Waals surface area (Å²) in [4.78, 5) is 0. The quantitative estimate of drug-likeness (QED) is 0.101. The minimum atomic E-state index is -0.182. The maximum atomic E-state index is 2.58. The molecule has 0 saturated carbocycles. The van der Waals surface area contributed by atoms with Crippen molar-refractivity contribution in [3.63, 3.8) is 0 Å². The zero-order valence-corrected chi connectivity index (χ0v) is 24.1. The summed E-state index contributed by atoms with van der Waals surface area (Å²) in [5.41, 5.74) is 0. The summed E-state index contributed by atoms with van der Waals surface area (Å²) in [7, 11) is -0.182. The van der Waals surface area contributed by atoms with Crippen LogP contribution in [0.2, 0.25) is 18.1 Å². The van der Waals surface area contributed by atoms with E-state index >= 15 is 0 Å². The summed E-state index contributed by atoms with van der Waals surface area (Å²) in [6, 6.07) is 4.79. The van der Waals surface area contributed by atoms with Crippen molar-refractivity contribution in [1.29, 1.82) is 0 Å². The normalized spacial score (nSPS) is 14.8. The van der Waals surface area contributed by atoms with Crippen LogP contribution in [0.1, 0.15) is 157 Å². The molecule has 0 amide bonds. The van der Waals surface area contributed by atoms with Crippen LogP contribution in [-0.4, -0.2) is 8.80 Å². The fourth-order valence-electron chi connectivity index (χ4n) is 5.32. The highest BCUT2D eigenvalue weighted by Crippen LogP contribution is 2.28. The smallest absolute Gasteiger partial charge is 0.0487 e. The molecular weight excluding hydrogens is 388 g/mol. The Bertz CT molecular complexity index is 287. The standard InChI is InChI=1S/C30H63Si/c1-7-10-13-16-19-22-28(4)25-31(26-29(5)23-20-17-14-11-8-2)27-30(6)24-21-18-15-12-9-3/h28-30H,7-27H2,1-6H3. The molecule has 0 N–H and O–H groups in total. The van der Waals surface area contributed by atoms with Gasteiger partial charge in [-0.25, -0.2) is 0 Å². The number of hydrogen-bond acceptors (Lipinski definition) is 0. The van der Waals surface area contributed by atoms with E-state index in [1.54, 1.807) is 18.1 Å².